The Labute approximate surface area is 162 Å². The quantitative estimate of drug-likeness (QED) is 0.433. The number of rotatable bonds is 6. The van der Waals surface area contributed by atoms with Gasteiger partial charge in [0.2, 0.25) is 5.91 Å². The molecule has 1 aliphatic rings. The molecule has 1 amide bonds. The van der Waals surface area contributed by atoms with Crippen LogP contribution in [0.15, 0.2) is 42.6 Å². The number of aryl methyl sites for hydroxylation is 1. The fraction of sp³-hybridized carbons (Fsp3) is 0.350. The van der Waals surface area contributed by atoms with E-state index in [4.69, 9.17) is 0 Å². The highest BCUT2D eigenvalue weighted by atomic mass is 16.6. The van der Waals surface area contributed by atoms with Gasteiger partial charge in [-0.05, 0) is 13.0 Å². The number of carbonyl (C=O) groups is 2. The summed E-state index contributed by atoms with van der Waals surface area (Å²) < 4.78 is 0. The first-order valence-electron chi connectivity index (χ1n) is 9.17. The maximum absolute atomic E-state index is 12.4. The van der Waals surface area contributed by atoms with Crippen molar-refractivity contribution in [2.75, 3.05) is 31.1 Å². The molecule has 146 valence electrons. The summed E-state index contributed by atoms with van der Waals surface area (Å²) in [6.07, 6.45) is 1.64. The topological polar surface area (TPSA) is 96.7 Å². The number of aromatic nitrogens is 1. The molecule has 8 nitrogen and oxygen atoms in total. The van der Waals surface area contributed by atoms with Gasteiger partial charge < -0.3 is 9.80 Å². The van der Waals surface area contributed by atoms with Gasteiger partial charge in [0.05, 0.1) is 4.92 Å². The highest BCUT2D eigenvalue weighted by molar-refractivity contribution is 5.98. The second-order valence-electron chi connectivity index (χ2n) is 6.79. The van der Waals surface area contributed by atoms with E-state index in [1.54, 1.807) is 23.1 Å². The third-order valence-electron chi connectivity index (χ3n) is 4.84. The van der Waals surface area contributed by atoms with Crippen LogP contribution in [0.5, 0.6) is 0 Å². The molecule has 28 heavy (non-hydrogen) atoms. The Morgan fingerprint density at radius 2 is 1.71 bits per heavy atom. The zero-order valence-corrected chi connectivity index (χ0v) is 15.7. The maximum atomic E-state index is 12.4. The van der Waals surface area contributed by atoms with Crippen LogP contribution in [0.2, 0.25) is 0 Å². The van der Waals surface area contributed by atoms with Crippen LogP contribution in [0.4, 0.5) is 11.5 Å². The van der Waals surface area contributed by atoms with E-state index in [-0.39, 0.29) is 30.2 Å². The molecule has 3 rings (SSSR count). The van der Waals surface area contributed by atoms with Crippen LogP contribution >= 0.6 is 0 Å². The first-order chi connectivity index (χ1) is 13.4. The molecule has 1 aromatic heterocycles. The number of benzene rings is 1. The monoisotopic (exact) mass is 382 g/mol. The predicted octanol–water partition coefficient (Wildman–Crippen LogP) is 2.61. The zero-order valence-electron chi connectivity index (χ0n) is 15.7. The third-order valence-corrected chi connectivity index (χ3v) is 4.84. The minimum atomic E-state index is -0.481. The molecule has 0 saturated carbocycles. The fourth-order valence-electron chi connectivity index (χ4n) is 3.12. The molecular weight excluding hydrogens is 360 g/mol. The molecule has 1 aromatic carbocycles. The first-order valence-corrected chi connectivity index (χ1v) is 9.17. The lowest BCUT2D eigenvalue weighted by molar-refractivity contribution is -0.385. The van der Waals surface area contributed by atoms with Crippen LogP contribution in [0.25, 0.3) is 0 Å². The molecule has 8 heteroatoms. The lowest BCUT2D eigenvalue weighted by Crippen LogP contribution is -2.49. The summed E-state index contributed by atoms with van der Waals surface area (Å²) in [7, 11) is 0. The minimum Gasteiger partial charge on any atom is -0.353 e. The molecule has 0 N–H and O–H groups in total. The number of anilines is 1. The van der Waals surface area contributed by atoms with Gasteiger partial charge in [-0.3, -0.25) is 19.7 Å². The van der Waals surface area contributed by atoms with Gasteiger partial charge in [-0.25, -0.2) is 4.98 Å². The molecule has 0 aliphatic carbocycles. The summed E-state index contributed by atoms with van der Waals surface area (Å²) in [5, 5.41) is 10.7. The number of nitrogens with zero attached hydrogens (tertiary/aromatic N) is 4. The predicted molar refractivity (Wildman–Crippen MR) is 104 cm³/mol. The molecule has 1 aliphatic heterocycles. The average Bonchev–Trinajstić information content (AvgIpc) is 2.72. The summed E-state index contributed by atoms with van der Waals surface area (Å²) in [6, 6.07) is 10.4. The van der Waals surface area contributed by atoms with Crippen molar-refractivity contribution in [3.8, 4) is 0 Å². The molecule has 0 atom stereocenters. The molecule has 2 aromatic rings. The molecule has 0 radical (unpaired) electrons. The zero-order chi connectivity index (χ0) is 20.1. The Morgan fingerprint density at radius 3 is 2.29 bits per heavy atom. The highest BCUT2D eigenvalue weighted by Gasteiger charge is 2.22. The number of hydrogen-bond acceptors (Lipinski definition) is 6. The standard InChI is InChI=1S/C20H22N4O4/c1-15-2-4-16(5-3-15)18(25)7-9-20(26)23-12-10-22(11-13-23)19-8-6-17(14-21-19)24(27)28/h2-6,8,14H,7,9-13H2,1H3. The second kappa shape index (κ2) is 8.60. The van der Waals surface area contributed by atoms with Crippen LogP contribution in [0.3, 0.4) is 0 Å². The van der Waals surface area contributed by atoms with Crippen LogP contribution in [-0.2, 0) is 4.79 Å². The van der Waals surface area contributed by atoms with Crippen molar-refractivity contribution in [2.45, 2.75) is 19.8 Å². The maximum Gasteiger partial charge on any atom is 0.287 e. The molecule has 0 bridgehead atoms. The molecule has 0 spiro atoms. The Balaban J connectivity index is 1.47. The van der Waals surface area contributed by atoms with Crippen LogP contribution < -0.4 is 4.90 Å². The number of nitro groups is 1. The van der Waals surface area contributed by atoms with Crippen LogP contribution in [0.1, 0.15) is 28.8 Å². The van der Waals surface area contributed by atoms with E-state index in [0.29, 0.717) is 37.6 Å². The molecule has 1 saturated heterocycles. The van der Waals surface area contributed by atoms with Crippen molar-refractivity contribution in [3.63, 3.8) is 0 Å². The summed E-state index contributed by atoms with van der Waals surface area (Å²) in [4.78, 5) is 42.7. The van der Waals surface area contributed by atoms with E-state index in [1.807, 2.05) is 24.0 Å². The minimum absolute atomic E-state index is 0.0259. The van der Waals surface area contributed by atoms with E-state index in [0.717, 1.165) is 5.56 Å². The number of carbonyl (C=O) groups excluding carboxylic acids is 2. The summed E-state index contributed by atoms with van der Waals surface area (Å²) >= 11 is 0. The van der Waals surface area contributed by atoms with Gasteiger partial charge in [0.25, 0.3) is 5.69 Å². The van der Waals surface area contributed by atoms with E-state index < -0.39 is 4.92 Å². The van der Waals surface area contributed by atoms with Crippen molar-refractivity contribution in [1.82, 2.24) is 9.88 Å². The Hall–Kier alpha value is -3.29. The number of Topliss-reactive ketones (excluding diaryl/α,β-unsaturated/α-hetero) is 1. The van der Waals surface area contributed by atoms with Crippen molar-refractivity contribution < 1.29 is 14.5 Å². The lowest BCUT2D eigenvalue weighted by Gasteiger charge is -2.35. The van der Waals surface area contributed by atoms with Gasteiger partial charge in [0.15, 0.2) is 5.78 Å². The molecule has 0 unspecified atom stereocenters. The number of pyridine rings is 1. The molecular formula is C20H22N4O4. The van der Waals surface area contributed by atoms with E-state index in [9.17, 15) is 19.7 Å². The number of ketones is 1. The Morgan fingerprint density at radius 1 is 1.04 bits per heavy atom. The largest absolute Gasteiger partial charge is 0.353 e. The Bertz CT molecular complexity index is 857. The van der Waals surface area contributed by atoms with Crippen molar-refractivity contribution in [3.05, 3.63) is 63.8 Å². The van der Waals surface area contributed by atoms with Gasteiger partial charge in [-0.2, -0.15) is 0 Å². The number of hydrogen-bond donors (Lipinski definition) is 0. The van der Waals surface area contributed by atoms with Gasteiger partial charge in [0.1, 0.15) is 12.0 Å². The van der Waals surface area contributed by atoms with E-state index in [2.05, 4.69) is 4.98 Å². The number of amides is 1. The van der Waals surface area contributed by atoms with E-state index >= 15 is 0 Å². The fourth-order valence-corrected chi connectivity index (χ4v) is 3.12. The van der Waals surface area contributed by atoms with Gasteiger partial charge in [0, 0.05) is 50.7 Å². The summed E-state index contributed by atoms with van der Waals surface area (Å²) in [6.45, 7) is 4.24. The highest BCUT2D eigenvalue weighted by Crippen LogP contribution is 2.18. The third kappa shape index (κ3) is 4.70. The van der Waals surface area contributed by atoms with E-state index in [1.165, 1.54) is 12.3 Å². The van der Waals surface area contributed by atoms with Gasteiger partial charge in [-0.15, -0.1) is 0 Å². The smallest absolute Gasteiger partial charge is 0.287 e. The van der Waals surface area contributed by atoms with Crippen LogP contribution in [-0.4, -0.2) is 52.7 Å². The van der Waals surface area contributed by atoms with Gasteiger partial charge in [-0.1, -0.05) is 29.8 Å². The van der Waals surface area contributed by atoms with Gasteiger partial charge >= 0.3 is 0 Å². The van der Waals surface area contributed by atoms with Crippen molar-refractivity contribution in [1.29, 1.82) is 0 Å². The lowest BCUT2D eigenvalue weighted by atomic mass is 10.0. The molecule has 1 fully saturated rings. The molecule has 2 heterocycles. The Kier molecular flexibility index (Phi) is 5.98. The second-order valence-corrected chi connectivity index (χ2v) is 6.79. The summed E-state index contributed by atoms with van der Waals surface area (Å²) in [5.41, 5.74) is 1.68. The number of piperazine rings is 1. The van der Waals surface area contributed by atoms with Crippen molar-refractivity contribution in [2.24, 2.45) is 0 Å². The SMILES string of the molecule is Cc1ccc(C(=O)CCC(=O)N2CCN(c3ccc([N+](=O)[O-])cn3)CC2)cc1. The van der Waals surface area contributed by atoms with Crippen molar-refractivity contribution >= 4 is 23.2 Å². The normalized spacial score (nSPS) is 14.0. The summed E-state index contributed by atoms with van der Waals surface area (Å²) in [5.74, 6) is 0.603. The van der Waals surface area contributed by atoms with Crippen LogP contribution in [0, 0.1) is 17.0 Å². The average molecular weight is 382 g/mol. The first kappa shape index (κ1) is 19.5.